The molecule has 0 spiro atoms. The van der Waals surface area contributed by atoms with Crippen LogP contribution in [-0.2, 0) is 34.3 Å². The molecule has 206 valence electrons. The molecule has 1 aliphatic rings. The van der Waals surface area contributed by atoms with Crippen LogP contribution in [0.25, 0.3) is 33.5 Å². The Balaban J connectivity index is 1.12. The van der Waals surface area contributed by atoms with Gasteiger partial charge in [-0.3, -0.25) is 14.4 Å². The van der Waals surface area contributed by atoms with E-state index in [0.29, 0.717) is 24.4 Å². The molecule has 2 aromatic carbocycles. The molecule has 40 heavy (non-hydrogen) atoms. The zero-order valence-corrected chi connectivity index (χ0v) is 22.6. The minimum Gasteiger partial charge on any atom is -0.481 e. The lowest BCUT2D eigenvalue weighted by Crippen LogP contribution is -2.27. The Kier molecular flexibility index (Phi) is 7.18. The average molecular weight is 563 g/mol. The summed E-state index contributed by atoms with van der Waals surface area (Å²) in [5, 5.41) is 12.5. The molecule has 1 saturated heterocycles. The van der Waals surface area contributed by atoms with Crippen LogP contribution < -0.4 is 0 Å². The van der Waals surface area contributed by atoms with Crippen LogP contribution in [0.2, 0.25) is 0 Å². The molecule has 3 aromatic heterocycles. The van der Waals surface area contributed by atoms with Gasteiger partial charge in [-0.05, 0) is 37.0 Å². The van der Waals surface area contributed by atoms with Crippen molar-refractivity contribution in [1.82, 2.24) is 19.6 Å². The summed E-state index contributed by atoms with van der Waals surface area (Å²) in [6.45, 7) is 0.459. The predicted octanol–water partition coefficient (Wildman–Crippen LogP) is 5.48. The molecule has 0 bridgehead atoms. The Morgan fingerprint density at radius 1 is 1.25 bits per heavy atom. The van der Waals surface area contributed by atoms with Gasteiger partial charge in [0.05, 0.1) is 18.0 Å². The third-order valence-corrected chi connectivity index (χ3v) is 8.29. The van der Waals surface area contributed by atoms with Crippen molar-refractivity contribution in [3.8, 4) is 11.5 Å². The molecule has 0 amide bonds. The average Bonchev–Trinajstić information content (AvgIpc) is 3.74. The molecule has 0 unspecified atom stereocenters. The van der Waals surface area contributed by atoms with Gasteiger partial charge >= 0.3 is 5.97 Å². The third kappa shape index (κ3) is 5.15. The van der Waals surface area contributed by atoms with Crippen LogP contribution in [0.3, 0.4) is 0 Å². The summed E-state index contributed by atoms with van der Waals surface area (Å²) in [7, 11) is 1.93. The van der Waals surface area contributed by atoms with Gasteiger partial charge in [0.2, 0.25) is 5.89 Å². The molecule has 1 aliphatic heterocycles. The van der Waals surface area contributed by atoms with E-state index in [9.17, 15) is 9.59 Å². The number of halogens is 1. The number of hydrogen-bond donors (Lipinski definition) is 1. The maximum atomic E-state index is 15.4. The molecule has 0 radical (unpaired) electrons. The molecule has 9 nitrogen and oxygen atoms in total. The summed E-state index contributed by atoms with van der Waals surface area (Å²) >= 11 is 1.47. The minimum atomic E-state index is -0.844. The summed E-state index contributed by atoms with van der Waals surface area (Å²) in [6, 6.07) is 11.0. The van der Waals surface area contributed by atoms with Crippen molar-refractivity contribution in [2.45, 2.75) is 38.1 Å². The first-order valence-corrected chi connectivity index (χ1v) is 13.9. The molecule has 5 aromatic rings. The van der Waals surface area contributed by atoms with Crippen LogP contribution >= 0.6 is 11.3 Å². The number of fused-ring (bicyclic) bond motifs is 2. The number of para-hydroxylation sites is 1. The fourth-order valence-corrected chi connectivity index (χ4v) is 6.20. The minimum absolute atomic E-state index is 0.0243. The maximum Gasteiger partial charge on any atom is 0.303 e. The molecular formula is C29H27FN4O5S. The van der Waals surface area contributed by atoms with E-state index in [1.807, 2.05) is 42.1 Å². The number of thiazole rings is 1. The molecule has 0 saturated carbocycles. The van der Waals surface area contributed by atoms with Crippen LogP contribution in [0.5, 0.6) is 0 Å². The zero-order valence-electron chi connectivity index (χ0n) is 21.8. The molecule has 1 N–H and O–H groups in total. The van der Waals surface area contributed by atoms with E-state index in [2.05, 4.69) is 9.97 Å². The summed E-state index contributed by atoms with van der Waals surface area (Å²) in [4.78, 5) is 39.3. The second kappa shape index (κ2) is 10.9. The maximum absolute atomic E-state index is 15.4. The number of ketones is 1. The number of aromatic nitrogens is 3. The number of carbonyl (C=O) groups is 2. The summed E-state index contributed by atoms with van der Waals surface area (Å²) < 4.78 is 23.3. The molecule has 1 atom stereocenters. The number of nitrogens with zero attached hydrogens (tertiary/aromatic N) is 4. The van der Waals surface area contributed by atoms with Crippen molar-refractivity contribution < 1.29 is 28.3 Å². The largest absolute Gasteiger partial charge is 0.481 e. The van der Waals surface area contributed by atoms with Gasteiger partial charge in [0.15, 0.2) is 17.2 Å². The summed E-state index contributed by atoms with van der Waals surface area (Å²) in [6.07, 6.45) is 5.68. The first-order valence-electron chi connectivity index (χ1n) is 13.1. The van der Waals surface area contributed by atoms with Gasteiger partial charge in [0, 0.05) is 48.2 Å². The topological polar surface area (TPSA) is 111 Å². The summed E-state index contributed by atoms with van der Waals surface area (Å²) in [5.41, 5.74) is 2.42. The number of aryl methyl sites for hydroxylation is 2. The van der Waals surface area contributed by atoms with E-state index in [-0.39, 0.29) is 42.4 Å². The van der Waals surface area contributed by atoms with Crippen LogP contribution in [-0.4, -0.2) is 49.6 Å². The second-order valence-corrected chi connectivity index (χ2v) is 11.1. The number of Topliss-reactive ketones (excluding diaryl/α,β-unsaturated/α-hetero) is 1. The number of hydrogen-bond acceptors (Lipinski definition) is 8. The third-order valence-electron chi connectivity index (χ3n) is 7.13. The first kappa shape index (κ1) is 26.3. The van der Waals surface area contributed by atoms with Crippen molar-refractivity contribution in [3.63, 3.8) is 0 Å². The molecule has 4 heterocycles. The van der Waals surface area contributed by atoms with E-state index >= 15 is 4.39 Å². The van der Waals surface area contributed by atoms with Gasteiger partial charge in [-0.25, -0.2) is 14.4 Å². The highest BCUT2D eigenvalue weighted by atomic mass is 32.1. The number of rotatable bonds is 10. The Morgan fingerprint density at radius 2 is 2.10 bits per heavy atom. The van der Waals surface area contributed by atoms with E-state index in [4.69, 9.17) is 14.4 Å². The Labute approximate surface area is 232 Å². The predicted molar refractivity (Wildman–Crippen MR) is 147 cm³/mol. The van der Waals surface area contributed by atoms with Gasteiger partial charge in [-0.15, -0.1) is 11.3 Å². The van der Waals surface area contributed by atoms with Crippen LogP contribution in [0, 0.1) is 5.82 Å². The lowest BCUT2D eigenvalue weighted by atomic mass is 10.1. The van der Waals surface area contributed by atoms with Crippen molar-refractivity contribution in [2.75, 3.05) is 13.2 Å². The lowest BCUT2D eigenvalue weighted by Gasteiger charge is -2.21. The monoisotopic (exact) mass is 562 g/mol. The van der Waals surface area contributed by atoms with E-state index in [1.54, 1.807) is 23.4 Å². The van der Waals surface area contributed by atoms with Gasteiger partial charge in [0.25, 0.3) is 0 Å². The van der Waals surface area contributed by atoms with Crippen molar-refractivity contribution in [2.24, 2.45) is 7.05 Å². The van der Waals surface area contributed by atoms with Gasteiger partial charge < -0.3 is 14.1 Å². The zero-order chi connectivity index (χ0) is 27.8. The standard InChI is InChI=1S/C29H27FN4O5S/c1-33-15-21(20-5-2-3-6-23(20)33)28-32-22-10-8-17(26(30)27(22)39-28)13-18(35)16-38-34-12-4-7-24(34)29-31-14-19(40-29)9-11-25(36)37/h2-3,5-6,8,10,14-15,24H,4,7,9,11-13,16H2,1H3,(H,36,37)/t24-/m0/s1. The highest BCUT2D eigenvalue weighted by Gasteiger charge is 2.30. The van der Waals surface area contributed by atoms with Gasteiger partial charge in [-0.2, -0.15) is 5.06 Å². The lowest BCUT2D eigenvalue weighted by molar-refractivity contribution is -0.176. The number of carboxylic acid groups (broad SMARTS) is 1. The van der Waals surface area contributed by atoms with E-state index in [0.717, 1.165) is 39.2 Å². The summed E-state index contributed by atoms with van der Waals surface area (Å²) in [5.74, 6) is -1.38. The molecule has 1 fully saturated rings. The fourth-order valence-electron chi connectivity index (χ4n) is 5.15. The van der Waals surface area contributed by atoms with E-state index in [1.165, 1.54) is 11.3 Å². The number of oxazole rings is 1. The number of carboxylic acids is 1. The highest BCUT2D eigenvalue weighted by Crippen LogP contribution is 2.35. The van der Waals surface area contributed by atoms with Crippen LogP contribution in [0.15, 0.2) is 53.2 Å². The molecule has 11 heteroatoms. The second-order valence-electron chi connectivity index (χ2n) is 9.92. The van der Waals surface area contributed by atoms with Crippen LogP contribution in [0.1, 0.15) is 40.8 Å². The molecular weight excluding hydrogens is 535 g/mol. The number of carbonyl (C=O) groups excluding carboxylic acids is 1. The van der Waals surface area contributed by atoms with Gasteiger partial charge in [0.1, 0.15) is 17.1 Å². The van der Waals surface area contributed by atoms with Crippen LogP contribution in [0.4, 0.5) is 4.39 Å². The van der Waals surface area contributed by atoms with Crippen molar-refractivity contribution in [3.05, 3.63) is 70.1 Å². The van der Waals surface area contributed by atoms with Crippen molar-refractivity contribution >= 4 is 45.1 Å². The van der Waals surface area contributed by atoms with Gasteiger partial charge in [-0.1, -0.05) is 24.3 Å². The Hall–Kier alpha value is -3.93. The Morgan fingerprint density at radius 3 is 2.95 bits per heavy atom. The number of benzene rings is 2. The number of hydroxylamine groups is 2. The normalized spacial score (nSPS) is 15.9. The molecule has 0 aliphatic carbocycles. The van der Waals surface area contributed by atoms with Crippen molar-refractivity contribution in [1.29, 1.82) is 0 Å². The smallest absolute Gasteiger partial charge is 0.303 e. The fraction of sp³-hybridized carbons (Fsp3) is 0.310. The SMILES string of the molecule is Cn1cc(-c2nc3ccc(CC(=O)CON4CCC[C@H]4c4ncc(CCC(=O)O)s4)c(F)c3o2)c2ccccc21. The highest BCUT2D eigenvalue weighted by molar-refractivity contribution is 7.11. The number of aliphatic carboxylic acids is 1. The Bertz CT molecular complexity index is 1720. The van der Waals surface area contributed by atoms with E-state index < -0.39 is 11.8 Å². The molecule has 6 rings (SSSR count). The first-order chi connectivity index (χ1) is 19.4. The quantitative estimate of drug-likeness (QED) is 0.238.